The van der Waals surface area contributed by atoms with Gasteiger partial charge in [0.05, 0.1) is 18.3 Å². The summed E-state index contributed by atoms with van der Waals surface area (Å²) in [5.41, 5.74) is 1.95. The van der Waals surface area contributed by atoms with Crippen molar-refractivity contribution in [3.63, 3.8) is 0 Å². The fraction of sp³-hybridized carbons (Fsp3) is 0.321. The Morgan fingerprint density at radius 1 is 1.11 bits per heavy atom. The van der Waals surface area contributed by atoms with Gasteiger partial charge in [0, 0.05) is 18.7 Å². The molecule has 37 heavy (non-hydrogen) atoms. The third kappa shape index (κ3) is 5.83. The van der Waals surface area contributed by atoms with Crippen LogP contribution in [0.15, 0.2) is 59.0 Å². The maximum Gasteiger partial charge on any atom is 0.287 e. The molecule has 0 radical (unpaired) electrons. The number of aryl methyl sites for hydroxylation is 1. The number of rotatable bonds is 9. The fourth-order valence-corrected chi connectivity index (χ4v) is 4.26. The first-order chi connectivity index (χ1) is 18.0. The molecule has 5 rings (SSSR count). The van der Waals surface area contributed by atoms with E-state index in [0.717, 1.165) is 18.4 Å². The van der Waals surface area contributed by atoms with E-state index in [4.69, 9.17) is 18.6 Å². The minimum atomic E-state index is -0.336. The third-order valence-electron chi connectivity index (χ3n) is 6.33. The molecule has 0 unspecified atom stereocenters. The standard InChI is InChI=1S/C28H28N2O7/c1-18-4-7-20(8-5-18)35-16-24(31)19-6-10-25-23(13-19)30(27(32)17-36-25)15-22-9-11-26(37-22)28(33)29-14-21-3-2-12-34-21/h4-11,13,21H,2-3,12,14-17H2,1H3,(H,29,33)/t21-/m0/s1. The van der Waals surface area contributed by atoms with Crippen molar-refractivity contribution in [1.29, 1.82) is 0 Å². The predicted octanol–water partition coefficient (Wildman–Crippen LogP) is 3.68. The van der Waals surface area contributed by atoms with E-state index in [2.05, 4.69) is 5.32 Å². The average molecular weight is 505 g/mol. The third-order valence-corrected chi connectivity index (χ3v) is 6.33. The van der Waals surface area contributed by atoms with Gasteiger partial charge >= 0.3 is 0 Å². The largest absolute Gasteiger partial charge is 0.485 e. The van der Waals surface area contributed by atoms with Crippen molar-refractivity contribution in [3.8, 4) is 11.5 Å². The molecule has 2 aromatic carbocycles. The summed E-state index contributed by atoms with van der Waals surface area (Å²) in [6, 6.07) is 15.6. The SMILES string of the molecule is Cc1ccc(OCC(=O)c2ccc3c(c2)N(Cc2ccc(C(=O)NC[C@@H]4CCCO4)o2)C(=O)CO3)cc1. The number of hydrogen-bond acceptors (Lipinski definition) is 7. The quantitative estimate of drug-likeness (QED) is 0.443. The summed E-state index contributed by atoms with van der Waals surface area (Å²) in [4.78, 5) is 39.5. The molecule has 3 aromatic rings. The maximum atomic E-state index is 12.8. The number of carbonyl (C=O) groups excluding carboxylic acids is 3. The van der Waals surface area contributed by atoms with Crippen LogP contribution >= 0.6 is 0 Å². The highest BCUT2D eigenvalue weighted by Crippen LogP contribution is 2.34. The zero-order valence-corrected chi connectivity index (χ0v) is 20.5. The van der Waals surface area contributed by atoms with Gasteiger partial charge in [-0.15, -0.1) is 0 Å². The fourth-order valence-electron chi connectivity index (χ4n) is 4.26. The number of benzene rings is 2. The van der Waals surface area contributed by atoms with Crippen LogP contribution in [0.5, 0.6) is 11.5 Å². The highest BCUT2D eigenvalue weighted by molar-refractivity contribution is 6.02. The molecule has 9 nitrogen and oxygen atoms in total. The molecule has 1 N–H and O–H groups in total. The van der Waals surface area contributed by atoms with Crippen LogP contribution in [0.2, 0.25) is 0 Å². The van der Waals surface area contributed by atoms with Crippen molar-refractivity contribution in [3.05, 3.63) is 77.2 Å². The van der Waals surface area contributed by atoms with Crippen molar-refractivity contribution in [1.82, 2.24) is 5.32 Å². The summed E-state index contributed by atoms with van der Waals surface area (Å²) in [7, 11) is 0. The molecule has 192 valence electrons. The molecule has 0 aliphatic carbocycles. The molecule has 9 heteroatoms. The van der Waals surface area contributed by atoms with Gasteiger partial charge in [-0.1, -0.05) is 17.7 Å². The lowest BCUT2D eigenvalue weighted by Crippen LogP contribution is -2.38. The summed E-state index contributed by atoms with van der Waals surface area (Å²) in [5.74, 6) is 0.825. The molecule has 3 heterocycles. The average Bonchev–Trinajstić information content (AvgIpc) is 3.61. The second kappa shape index (κ2) is 10.9. The van der Waals surface area contributed by atoms with E-state index in [1.807, 2.05) is 31.2 Å². The zero-order chi connectivity index (χ0) is 25.8. The van der Waals surface area contributed by atoms with Crippen LogP contribution in [-0.2, 0) is 16.1 Å². The Bertz CT molecular complexity index is 1290. The molecule has 1 fully saturated rings. The summed E-state index contributed by atoms with van der Waals surface area (Å²) < 4.78 is 22.4. The summed E-state index contributed by atoms with van der Waals surface area (Å²) in [6.07, 6.45) is 1.94. The van der Waals surface area contributed by atoms with E-state index < -0.39 is 0 Å². The van der Waals surface area contributed by atoms with Crippen LogP contribution in [0.3, 0.4) is 0 Å². The minimum Gasteiger partial charge on any atom is -0.485 e. The van der Waals surface area contributed by atoms with Gasteiger partial charge in [-0.3, -0.25) is 19.3 Å². The molecular formula is C28H28N2O7. The molecule has 2 aliphatic heterocycles. The van der Waals surface area contributed by atoms with Crippen LogP contribution in [0.4, 0.5) is 5.69 Å². The van der Waals surface area contributed by atoms with Gasteiger partial charge in [0.2, 0.25) is 0 Å². The smallest absolute Gasteiger partial charge is 0.287 e. The Hall–Kier alpha value is -4.11. The first-order valence-electron chi connectivity index (χ1n) is 12.2. The predicted molar refractivity (Wildman–Crippen MR) is 134 cm³/mol. The second-order valence-electron chi connectivity index (χ2n) is 9.09. The van der Waals surface area contributed by atoms with Gasteiger partial charge in [-0.25, -0.2) is 0 Å². The second-order valence-corrected chi connectivity index (χ2v) is 9.09. The van der Waals surface area contributed by atoms with Crippen molar-refractivity contribution >= 4 is 23.3 Å². The van der Waals surface area contributed by atoms with E-state index >= 15 is 0 Å². The van der Waals surface area contributed by atoms with E-state index in [1.54, 1.807) is 30.3 Å². The van der Waals surface area contributed by atoms with E-state index in [9.17, 15) is 14.4 Å². The topological polar surface area (TPSA) is 107 Å². The van der Waals surface area contributed by atoms with Crippen LogP contribution in [-0.4, -0.2) is 50.1 Å². The van der Waals surface area contributed by atoms with Gasteiger partial charge in [0.15, 0.2) is 24.8 Å². The normalized spacial score (nSPS) is 16.7. The van der Waals surface area contributed by atoms with Crippen molar-refractivity contribution in [2.24, 2.45) is 0 Å². The Kier molecular flexibility index (Phi) is 7.23. The number of hydrogen-bond donors (Lipinski definition) is 1. The molecule has 0 bridgehead atoms. The highest BCUT2D eigenvalue weighted by atomic mass is 16.5. The lowest BCUT2D eigenvalue weighted by Gasteiger charge is -2.29. The Labute approximate surface area is 214 Å². The van der Waals surface area contributed by atoms with E-state index in [-0.39, 0.29) is 49.2 Å². The number of amides is 2. The zero-order valence-electron chi connectivity index (χ0n) is 20.5. The first kappa shape index (κ1) is 24.6. The van der Waals surface area contributed by atoms with E-state index in [0.29, 0.717) is 41.7 Å². The van der Waals surface area contributed by atoms with Gasteiger partial charge < -0.3 is 23.9 Å². The van der Waals surface area contributed by atoms with E-state index in [1.165, 1.54) is 4.90 Å². The number of carbonyl (C=O) groups is 3. The van der Waals surface area contributed by atoms with Crippen molar-refractivity contribution in [2.75, 3.05) is 31.3 Å². The number of Topliss-reactive ketones (excluding diaryl/α,β-unsaturated/α-hetero) is 1. The highest BCUT2D eigenvalue weighted by Gasteiger charge is 2.28. The summed E-state index contributed by atoms with van der Waals surface area (Å²) in [6.45, 7) is 2.93. The van der Waals surface area contributed by atoms with Crippen LogP contribution in [0.1, 0.15) is 45.1 Å². The molecule has 2 amide bonds. The number of ether oxygens (including phenoxy) is 3. The molecule has 1 aromatic heterocycles. The number of anilines is 1. The number of nitrogens with one attached hydrogen (secondary N) is 1. The molecule has 1 atom stereocenters. The number of ketones is 1. The van der Waals surface area contributed by atoms with Crippen molar-refractivity contribution in [2.45, 2.75) is 32.4 Å². The number of nitrogens with zero attached hydrogens (tertiary/aromatic N) is 1. The van der Waals surface area contributed by atoms with Crippen LogP contribution in [0, 0.1) is 6.92 Å². The molecule has 1 saturated heterocycles. The lowest BCUT2D eigenvalue weighted by molar-refractivity contribution is -0.121. The maximum absolute atomic E-state index is 12.8. The lowest BCUT2D eigenvalue weighted by atomic mass is 10.1. The monoisotopic (exact) mass is 504 g/mol. The number of furan rings is 1. The van der Waals surface area contributed by atoms with Crippen molar-refractivity contribution < 1.29 is 33.0 Å². The minimum absolute atomic E-state index is 0.0278. The van der Waals surface area contributed by atoms with Gasteiger partial charge in [-0.2, -0.15) is 0 Å². The van der Waals surface area contributed by atoms with Gasteiger partial charge in [0.1, 0.15) is 17.3 Å². The first-order valence-corrected chi connectivity index (χ1v) is 12.2. The molecule has 0 spiro atoms. The Balaban J connectivity index is 1.25. The van der Waals surface area contributed by atoms with Crippen LogP contribution < -0.4 is 19.7 Å². The summed E-state index contributed by atoms with van der Waals surface area (Å²) >= 11 is 0. The Morgan fingerprint density at radius 3 is 2.73 bits per heavy atom. The van der Waals surface area contributed by atoms with Gasteiger partial charge in [0.25, 0.3) is 11.8 Å². The number of fused-ring (bicyclic) bond motifs is 1. The summed E-state index contributed by atoms with van der Waals surface area (Å²) in [5, 5.41) is 2.82. The van der Waals surface area contributed by atoms with Gasteiger partial charge in [-0.05, 0) is 62.2 Å². The molecule has 2 aliphatic rings. The Morgan fingerprint density at radius 2 is 1.95 bits per heavy atom. The molecule has 0 saturated carbocycles. The van der Waals surface area contributed by atoms with Crippen LogP contribution in [0.25, 0.3) is 0 Å². The molecular weight excluding hydrogens is 476 g/mol.